The maximum absolute atomic E-state index is 13.7. The second-order valence-electron chi connectivity index (χ2n) is 5.06. The van der Waals surface area contributed by atoms with Crippen molar-refractivity contribution < 1.29 is 14.1 Å². The summed E-state index contributed by atoms with van der Waals surface area (Å²) in [6, 6.07) is 12.7. The van der Waals surface area contributed by atoms with E-state index in [1.807, 2.05) is 0 Å². The van der Waals surface area contributed by atoms with Crippen LogP contribution in [-0.2, 0) is 0 Å². The molecule has 0 aliphatic heterocycles. The monoisotopic (exact) mass is 324 g/mol. The molecule has 1 heterocycles. The molecule has 5 nitrogen and oxygen atoms in total. The Bertz CT molecular complexity index is 954. The first kappa shape index (κ1) is 15.6. The van der Waals surface area contributed by atoms with Crippen molar-refractivity contribution in [1.29, 1.82) is 0 Å². The zero-order valence-corrected chi connectivity index (χ0v) is 12.8. The first-order valence-corrected chi connectivity index (χ1v) is 7.14. The van der Waals surface area contributed by atoms with Gasteiger partial charge >= 0.3 is 0 Å². The van der Waals surface area contributed by atoms with Gasteiger partial charge in [0.2, 0.25) is 0 Å². The van der Waals surface area contributed by atoms with Gasteiger partial charge in [0.15, 0.2) is 11.6 Å². The number of hydrogen-bond acceptors (Lipinski definition) is 4. The Labute approximate surface area is 137 Å². The van der Waals surface area contributed by atoms with E-state index in [0.717, 1.165) is 0 Å². The Kier molecular flexibility index (Phi) is 4.20. The molecular formula is C18H13FN2O3. The third-order valence-electron chi connectivity index (χ3n) is 3.55. The largest absolute Gasteiger partial charge is 0.494 e. The van der Waals surface area contributed by atoms with Crippen molar-refractivity contribution in [1.82, 2.24) is 4.98 Å². The van der Waals surface area contributed by atoms with E-state index in [1.165, 1.54) is 19.2 Å². The number of ether oxygens (including phenoxy) is 1. The summed E-state index contributed by atoms with van der Waals surface area (Å²) in [6.07, 6.45) is 3.44. The Morgan fingerprint density at radius 3 is 2.71 bits per heavy atom. The summed E-state index contributed by atoms with van der Waals surface area (Å²) in [5.41, 5.74) is 1.84. The number of fused-ring (bicyclic) bond motifs is 1. The number of hydrogen-bond donors (Lipinski definition) is 0. The molecule has 0 radical (unpaired) electrons. The molecule has 24 heavy (non-hydrogen) atoms. The van der Waals surface area contributed by atoms with Crippen LogP contribution in [0.3, 0.4) is 0 Å². The van der Waals surface area contributed by atoms with Crippen LogP contribution < -0.4 is 4.74 Å². The number of methoxy groups -OCH3 is 1. The predicted molar refractivity (Wildman–Crippen MR) is 90.3 cm³/mol. The number of aromatic nitrogens is 1. The summed E-state index contributed by atoms with van der Waals surface area (Å²) in [4.78, 5) is 15.0. The van der Waals surface area contributed by atoms with E-state index in [9.17, 15) is 14.5 Å². The average Bonchev–Trinajstić information content (AvgIpc) is 2.59. The highest BCUT2D eigenvalue weighted by Gasteiger charge is 2.11. The minimum Gasteiger partial charge on any atom is -0.494 e. The molecule has 1 aromatic heterocycles. The van der Waals surface area contributed by atoms with Gasteiger partial charge in [0.1, 0.15) is 0 Å². The molecule has 3 aromatic rings. The van der Waals surface area contributed by atoms with Crippen LogP contribution in [0.4, 0.5) is 10.1 Å². The van der Waals surface area contributed by atoms with Crippen molar-refractivity contribution in [3.05, 3.63) is 75.7 Å². The van der Waals surface area contributed by atoms with Crippen molar-refractivity contribution in [2.24, 2.45) is 0 Å². The number of rotatable bonds is 4. The van der Waals surface area contributed by atoms with Gasteiger partial charge in [-0.3, -0.25) is 10.1 Å². The fourth-order valence-electron chi connectivity index (χ4n) is 2.37. The number of nitrogens with zero attached hydrogens (tertiary/aromatic N) is 2. The average molecular weight is 324 g/mol. The lowest BCUT2D eigenvalue weighted by Gasteiger charge is -2.02. The normalized spacial score (nSPS) is 11.1. The quantitative estimate of drug-likeness (QED) is 0.525. The summed E-state index contributed by atoms with van der Waals surface area (Å²) >= 11 is 0. The van der Waals surface area contributed by atoms with Crippen molar-refractivity contribution in [3.63, 3.8) is 0 Å². The smallest absolute Gasteiger partial charge is 0.278 e. The van der Waals surface area contributed by atoms with Crippen LogP contribution >= 0.6 is 0 Å². The van der Waals surface area contributed by atoms with E-state index in [1.54, 1.807) is 48.6 Å². The first-order valence-electron chi connectivity index (χ1n) is 7.14. The Morgan fingerprint density at radius 2 is 2.00 bits per heavy atom. The highest BCUT2D eigenvalue weighted by molar-refractivity contribution is 5.88. The summed E-state index contributed by atoms with van der Waals surface area (Å²) in [7, 11) is 1.41. The van der Waals surface area contributed by atoms with Crippen LogP contribution in [-0.4, -0.2) is 17.0 Å². The van der Waals surface area contributed by atoms with Gasteiger partial charge < -0.3 is 4.74 Å². The number of halogens is 1. The van der Waals surface area contributed by atoms with E-state index >= 15 is 0 Å². The van der Waals surface area contributed by atoms with Crippen LogP contribution in [0.1, 0.15) is 11.3 Å². The molecule has 0 saturated heterocycles. The van der Waals surface area contributed by atoms with E-state index < -0.39 is 10.7 Å². The lowest BCUT2D eigenvalue weighted by molar-refractivity contribution is -0.383. The second kappa shape index (κ2) is 6.45. The Hall–Kier alpha value is -3.28. The SMILES string of the molecule is COc1ccc(/C=C/c2ccc3c([N+](=O)[O-])cccc3n2)cc1F. The lowest BCUT2D eigenvalue weighted by Crippen LogP contribution is -1.91. The summed E-state index contributed by atoms with van der Waals surface area (Å²) in [6.45, 7) is 0. The van der Waals surface area contributed by atoms with Gasteiger partial charge in [-0.05, 0) is 42.0 Å². The Balaban J connectivity index is 1.93. The topological polar surface area (TPSA) is 65.3 Å². The highest BCUT2D eigenvalue weighted by Crippen LogP contribution is 2.25. The maximum atomic E-state index is 13.7. The molecule has 120 valence electrons. The van der Waals surface area contributed by atoms with Gasteiger partial charge in [-0.15, -0.1) is 0 Å². The number of nitro benzene ring substituents is 1. The minimum absolute atomic E-state index is 0.0211. The summed E-state index contributed by atoms with van der Waals surface area (Å²) in [5, 5.41) is 11.5. The van der Waals surface area contributed by atoms with Gasteiger partial charge in [-0.2, -0.15) is 0 Å². The molecule has 3 rings (SSSR count). The molecule has 2 aromatic carbocycles. The maximum Gasteiger partial charge on any atom is 0.278 e. The van der Waals surface area contributed by atoms with E-state index in [2.05, 4.69) is 4.98 Å². The molecule has 0 aliphatic carbocycles. The number of nitro groups is 1. The van der Waals surface area contributed by atoms with Gasteiger partial charge in [0.25, 0.3) is 5.69 Å². The van der Waals surface area contributed by atoms with Crippen LogP contribution in [0, 0.1) is 15.9 Å². The number of pyridine rings is 1. The lowest BCUT2D eigenvalue weighted by atomic mass is 10.1. The van der Waals surface area contributed by atoms with E-state index in [-0.39, 0.29) is 11.4 Å². The van der Waals surface area contributed by atoms with Crippen molar-refractivity contribution in [3.8, 4) is 5.75 Å². The second-order valence-corrected chi connectivity index (χ2v) is 5.06. The van der Waals surface area contributed by atoms with Crippen LogP contribution in [0.2, 0.25) is 0 Å². The molecule has 0 spiro atoms. The summed E-state index contributed by atoms with van der Waals surface area (Å²) < 4.78 is 18.5. The van der Waals surface area contributed by atoms with Crippen LogP contribution in [0.5, 0.6) is 5.75 Å². The molecule has 0 unspecified atom stereocenters. The molecule has 0 fully saturated rings. The molecule has 0 aliphatic rings. The standard InChI is InChI=1S/C18H13FN2O3/c1-24-18-10-6-12(11-15(18)19)5-7-13-8-9-14-16(20-13)3-2-4-17(14)21(22)23/h2-11H,1H3/b7-5+. The van der Waals surface area contributed by atoms with Crippen molar-refractivity contribution in [2.45, 2.75) is 0 Å². The van der Waals surface area contributed by atoms with Gasteiger partial charge in [0, 0.05) is 6.07 Å². The molecule has 0 atom stereocenters. The molecular weight excluding hydrogens is 311 g/mol. The zero-order valence-electron chi connectivity index (χ0n) is 12.8. The van der Waals surface area contributed by atoms with Crippen LogP contribution in [0.25, 0.3) is 23.1 Å². The summed E-state index contributed by atoms with van der Waals surface area (Å²) in [5.74, 6) is -0.259. The molecule has 0 bridgehead atoms. The molecule has 0 saturated carbocycles. The fraction of sp³-hybridized carbons (Fsp3) is 0.0556. The van der Waals surface area contributed by atoms with Crippen molar-refractivity contribution in [2.75, 3.05) is 7.11 Å². The Morgan fingerprint density at radius 1 is 1.17 bits per heavy atom. The molecule has 0 N–H and O–H groups in total. The van der Waals surface area contributed by atoms with E-state index in [0.29, 0.717) is 22.2 Å². The first-order chi connectivity index (χ1) is 11.6. The van der Waals surface area contributed by atoms with Gasteiger partial charge in [-0.25, -0.2) is 9.37 Å². The van der Waals surface area contributed by atoms with Crippen molar-refractivity contribution >= 4 is 28.7 Å². The number of benzene rings is 2. The highest BCUT2D eigenvalue weighted by atomic mass is 19.1. The number of non-ortho nitro benzene ring substituents is 1. The van der Waals surface area contributed by atoms with E-state index in [4.69, 9.17) is 4.74 Å². The van der Waals surface area contributed by atoms with Crippen LogP contribution in [0.15, 0.2) is 48.5 Å². The third kappa shape index (κ3) is 3.08. The zero-order chi connectivity index (χ0) is 17.1. The predicted octanol–water partition coefficient (Wildman–Crippen LogP) is 4.46. The van der Waals surface area contributed by atoms with Gasteiger partial charge in [-0.1, -0.05) is 18.2 Å². The fourth-order valence-corrected chi connectivity index (χ4v) is 2.37. The third-order valence-corrected chi connectivity index (χ3v) is 3.55. The minimum atomic E-state index is -0.443. The molecule has 6 heteroatoms. The van der Waals surface area contributed by atoms with Gasteiger partial charge in [0.05, 0.1) is 28.6 Å². The molecule has 0 amide bonds.